The first-order chi connectivity index (χ1) is 10.1. The molecule has 0 aliphatic heterocycles. The molecule has 0 spiro atoms. The van der Waals surface area contributed by atoms with Gasteiger partial charge in [0.25, 0.3) is 5.91 Å². The van der Waals surface area contributed by atoms with Crippen LogP contribution < -0.4 is 10.1 Å². The molecular weight excluding hydrogens is 334 g/mol. The summed E-state index contributed by atoms with van der Waals surface area (Å²) in [5.41, 5.74) is 1.83. The van der Waals surface area contributed by atoms with E-state index in [0.29, 0.717) is 29.2 Å². The van der Waals surface area contributed by atoms with E-state index < -0.39 is 0 Å². The van der Waals surface area contributed by atoms with E-state index in [-0.39, 0.29) is 12.5 Å². The first-order valence-corrected chi connectivity index (χ1v) is 7.37. The molecule has 0 aliphatic carbocycles. The van der Waals surface area contributed by atoms with E-state index in [0.717, 1.165) is 4.47 Å². The highest BCUT2D eigenvalue weighted by Gasteiger charge is 2.08. The van der Waals surface area contributed by atoms with Crippen molar-refractivity contribution in [3.63, 3.8) is 0 Å². The van der Waals surface area contributed by atoms with Crippen molar-refractivity contribution in [1.29, 1.82) is 0 Å². The fraction of sp³-hybridized carbons (Fsp3) is 0.188. The summed E-state index contributed by atoms with van der Waals surface area (Å²) in [7, 11) is 0. The molecular formula is C16H16BrNO3. The summed E-state index contributed by atoms with van der Waals surface area (Å²) >= 11 is 3.33. The third-order valence-electron chi connectivity index (χ3n) is 2.89. The number of nitrogens with one attached hydrogen (secondary N) is 1. The van der Waals surface area contributed by atoms with E-state index in [1.807, 2.05) is 19.1 Å². The normalized spacial score (nSPS) is 10.2. The summed E-state index contributed by atoms with van der Waals surface area (Å²) in [6, 6.07) is 12.3. The van der Waals surface area contributed by atoms with Gasteiger partial charge in [-0.05, 0) is 49.4 Å². The van der Waals surface area contributed by atoms with Gasteiger partial charge in [-0.1, -0.05) is 15.9 Å². The minimum absolute atomic E-state index is 0.142. The Labute approximate surface area is 131 Å². The van der Waals surface area contributed by atoms with Crippen molar-refractivity contribution in [2.24, 2.45) is 0 Å². The monoisotopic (exact) mass is 349 g/mol. The molecule has 0 atom stereocenters. The average molecular weight is 350 g/mol. The van der Waals surface area contributed by atoms with Crippen molar-refractivity contribution in [2.75, 3.05) is 11.9 Å². The minimum atomic E-state index is -0.199. The Kier molecular flexibility index (Phi) is 5.36. The van der Waals surface area contributed by atoms with Crippen molar-refractivity contribution >= 4 is 27.5 Å². The molecule has 2 N–H and O–H groups in total. The number of rotatable bonds is 5. The summed E-state index contributed by atoms with van der Waals surface area (Å²) in [4.78, 5) is 12.1. The molecule has 5 heteroatoms. The van der Waals surface area contributed by atoms with Crippen LogP contribution in [0.15, 0.2) is 46.9 Å². The molecule has 2 aromatic rings. The second kappa shape index (κ2) is 7.24. The number of anilines is 1. The zero-order chi connectivity index (χ0) is 15.2. The SMILES string of the molecule is CCOc1ccc(NC(=O)c2ccc(Br)cc2)cc1CO. The fourth-order valence-electron chi connectivity index (χ4n) is 1.88. The van der Waals surface area contributed by atoms with Gasteiger partial charge in [0.05, 0.1) is 13.2 Å². The van der Waals surface area contributed by atoms with Gasteiger partial charge in [0.15, 0.2) is 0 Å². The van der Waals surface area contributed by atoms with E-state index in [2.05, 4.69) is 21.2 Å². The lowest BCUT2D eigenvalue weighted by Crippen LogP contribution is -2.12. The lowest BCUT2D eigenvalue weighted by molar-refractivity contribution is 0.102. The average Bonchev–Trinajstić information content (AvgIpc) is 2.49. The number of aliphatic hydroxyl groups excluding tert-OH is 1. The maximum absolute atomic E-state index is 12.1. The van der Waals surface area contributed by atoms with Crippen LogP contribution in [0.25, 0.3) is 0 Å². The Bertz CT molecular complexity index is 626. The number of halogens is 1. The predicted octanol–water partition coefficient (Wildman–Crippen LogP) is 3.59. The number of hydrogen-bond acceptors (Lipinski definition) is 3. The summed E-state index contributed by atoms with van der Waals surface area (Å²) in [5.74, 6) is 0.428. The van der Waals surface area contributed by atoms with Gasteiger partial charge >= 0.3 is 0 Å². The van der Waals surface area contributed by atoms with Crippen molar-refractivity contribution in [3.8, 4) is 5.75 Å². The van der Waals surface area contributed by atoms with Gasteiger partial charge in [-0.2, -0.15) is 0 Å². The zero-order valence-corrected chi connectivity index (χ0v) is 13.2. The van der Waals surface area contributed by atoms with Gasteiger partial charge in [0.2, 0.25) is 0 Å². The van der Waals surface area contributed by atoms with Crippen LogP contribution in [-0.4, -0.2) is 17.6 Å². The van der Waals surface area contributed by atoms with E-state index >= 15 is 0 Å². The molecule has 1 amide bonds. The van der Waals surface area contributed by atoms with Gasteiger partial charge < -0.3 is 15.2 Å². The Balaban J connectivity index is 2.15. The molecule has 2 aromatic carbocycles. The van der Waals surface area contributed by atoms with Crippen LogP contribution in [0.3, 0.4) is 0 Å². The zero-order valence-electron chi connectivity index (χ0n) is 11.6. The van der Waals surface area contributed by atoms with Crippen molar-refractivity contribution < 1.29 is 14.6 Å². The van der Waals surface area contributed by atoms with E-state index in [1.54, 1.807) is 30.3 Å². The van der Waals surface area contributed by atoms with Crippen LogP contribution in [-0.2, 0) is 6.61 Å². The molecule has 0 radical (unpaired) electrons. The largest absolute Gasteiger partial charge is 0.494 e. The quantitative estimate of drug-likeness (QED) is 0.866. The van der Waals surface area contributed by atoms with Crippen LogP contribution >= 0.6 is 15.9 Å². The number of aliphatic hydroxyl groups is 1. The molecule has 0 saturated heterocycles. The lowest BCUT2D eigenvalue weighted by atomic mass is 10.1. The molecule has 110 valence electrons. The minimum Gasteiger partial charge on any atom is -0.494 e. The Morgan fingerprint density at radius 3 is 2.57 bits per heavy atom. The molecule has 0 unspecified atom stereocenters. The molecule has 2 rings (SSSR count). The number of hydrogen-bond donors (Lipinski definition) is 2. The Hall–Kier alpha value is -1.85. The van der Waals surface area contributed by atoms with Crippen molar-refractivity contribution in [2.45, 2.75) is 13.5 Å². The highest BCUT2D eigenvalue weighted by atomic mass is 79.9. The number of amides is 1. The van der Waals surface area contributed by atoms with Crippen LogP contribution in [0.1, 0.15) is 22.8 Å². The lowest BCUT2D eigenvalue weighted by Gasteiger charge is -2.11. The van der Waals surface area contributed by atoms with Crippen LogP contribution in [0.4, 0.5) is 5.69 Å². The number of ether oxygens (including phenoxy) is 1. The standard InChI is InChI=1S/C16H16BrNO3/c1-2-21-15-8-7-14(9-12(15)10-19)18-16(20)11-3-5-13(17)6-4-11/h3-9,19H,2,10H2,1H3,(H,18,20). The maximum atomic E-state index is 12.1. The topological polar surface area (TPSA) is 58.6 Å². The van der Waals surface area contributed by atoms with Crippen molar-refractivity contribution in [1.82, 2.24) is 0 Å². The van der Waals surface area contributed by atoms with E-state index in [1.165, 1.54) is 0 Å². The number of carbonyl (C=O) groups excluding carboxylic acids is 1. The van der Waals surface area contributed by atoms with Gasteiger partial charge in [-0.15, -0.1) is 0 Å². The first kappa shape index (κ1) is 15.5. The molecule has 0 bridgehead atoms. The van der Waals surface area contributed by atoms with Gasteiger partial charge in [0.1, 0.15) is 5.75 Å². The van der Waals surface area contributed by atoms with E-state index in [4.69, 9.17) is 4.74 Å². The molecule has 0 heterocycles. The summed E-state index contributed by atoms with van der Waals surface area (Å²) in [6.07, 6.45) is 0. The molecule has 0 aromatic heterocycles. The summed E-state index contributed by atoms with van der Waals surface area (Å²) in [5, 5.41) is 12.2. The molecule has 4 nitrogen and oxygen atoms in total. The Morgan fingerprint density at radius 2 is 1.95 bits per heavy atom. The van der Waals surface area contributed by atoms with Gasteiger partial charge in [-0.25, -0.2) is 0 Å². The Morgan fingerprint density at radius 1 is 1.24 bits per heavy atom. The highest BCUT2D eigenvalue weighted by molar-refractivity contribution is 9.10. The maximum Gasteiger partial charge on any atom is 0.255 e. The van der Waals surface area contributed by atoms with Crippen LogP contribution in [0.2, 0.25) is 0 Å². The highest BCUT2D eigenvalue weighted by Crippen LogP contribution is 2.23. The molecule has 0 aliphatic rings. The van der Waals surface area contributed by atoms with Gasteiger partial charge in [-0.3, -0.25) is 4.79 Å². The third kappa shape index (κ3) is 4.06. The summed E-state index contributed by atoms with van der Waals surface area (Å²) < 4.78 is 6.33. The van der Waals surface area contributed by atoms with Crippen molar-refractivity contribution in [3.05, 3.63) is 58.1 Å². The number of carbonyl (C=O) groups is 1. The second-order valence-corrected chi connectivity index (χ2v) is 5.29. The molecule has 0 saturated carbocycles. The first-order valence-electron chi connectivity index (χ1n) is 6.57. The summed E-state index contributed by atoms with van der Waals surface area (Å²) in [6.45, 7) is 2.26. The smallest absolute Gasteiger partial charge is 0.255 e. The molecule has 0 fully saturated rings. The molecule has 21 heavy (non-hydrogen) atoms. The third-order valence-corrected chi connectivity index (χ3v) is 3.42. The van der Waals surface area contributed by atoms with E-state index in [9.17, 15) is 9.90 Å². The van der Waals surface area contributed by atoms with Gasteiger partial charge in [0, 0.05) is 21.3 Å². The second-order valence-electron chi connectivity index (χ2n) is 4.37. The fourth-order valence-corrected chi connectivity index (χ4v) is 2.15. The van der Waals surface area contributed by atoms with Crippen LogP contribution in [0, 0.1) is 0 Å². The predicted molar refractivity (Wildman–Crippen MR) is 85.6 cm³/mol. The number of benzene rings is 2. The van der Waals surface area contributed by atoms with Crippen LogP contribution in [0.5, 0.6) is 5.75 Å².